The molecule has 1 fully saturated rings. The van der Waals surface area contributed by atoms with E-state index in [1.807, 2.05) is 4.90 Å². The second-order valence-electron chi connectivity index (χ2n) is 3.39. The fourth-order valence-electron chi connectivity index (χ4n) is 1.48. The number of β-amino-alcohol motifs (C(OH)–C–C–N with tert-alkyl or cyclic N) is 2. The van der Waals surface area contributed by atoms with E-state index < -0.39 is 18.2 Å². The Morgan fingerprint density at radius 3 is 2.31 bits per heavy atom. The van der Waals surface area contributed by atoms with Crippen LogP contribution in [0.4, 0.5) is 0 Å². The Morgan fingerprint density at radius 1 is 1.31 bits per heavy atom. The molecule has 1 aliphatic rings. The lowest BCUT2D eigenvalue weighted by Crippen LogP contribution is -2.23. The fraction of sp³-hybridized carbons (Fsp3) is 0.875. The molecule has 1 aliphatic heterocycles. The van der Waals surface area contributed by atoms with E-state index >= 15 is 0 Å². The van der Waals surface area contributed by atoms with E-state index in [-0.39, 0.29) is 6.42 Å². The molecule has 5 heteroatoms. The molecule has 0 amide bonds. The maximum atomic E-state index is 10.2. The molecule has 0 spiro atoms. The first-order valence-electron chi connectivity index (χ1n) is 4.40. The summed E-state index contributed by atoms with van der Waals surface area (Å²) in [6.45, 7) is 1.52. The lowest BCUT2D eigenvalue weighted by molar-refractivity contribution is -0.137. The monoisotopic (exact) mass is 189 g/mol. The summed E-state index contributed by atoms with van der Waals surface area (Å²) < 4.78 is 0. The van der Waals surface area contributed by atoms with Crippen molar-refractivity contribution in [2.24, 2.45) is 0 Å². The van der Waals surface area contributed by atoms with Gasteiger partial charge >= 0.3 is 5.97 Å². The summed E-state index contributed by atoms with van der Waals surface area (Å²) in [5, 5.41) is 26.7. The van der Waals surface area contributed by atoms with Crippen LogP contribution in [0.3, 0.4) is 0 Å². The summed E-state index contributed by atoms with van der Waals surface area (Å²) in [4.78, 5) is 12.1. The molecule has 0 saturated carbocycles. The van der Waals surface area contributed by atoms with Crippen LogP contribution in [0.5, 0.6) is 0 Å². The van der Waals surface area contributed by atoms with Crippen LogP contribution in [0.25, 0.3) is 0 Å². The van der Waals surface area contributed by atoms with E-state index in [1.165, 1.54) is 0 Å². The van der Waals surface area contributed by atoms with Crippen LogP contribution in [-0.2, 0) is 4.79 Å². The quantitative estimate of drug-likeness (QED) is 0.522. The lowest BCUT2D eigenvalue weighted by Gasteiger charge is -2.12. The number of aliphatic hydroxyl groups excluding tert-OH is 2. The number of carboxylic acids is 1. The van der Waals surface area contributed by atoms with Crippen LogP contribution in [0, 0.1) is 0 Å². The maximum Gasteiger partial charge on any atom is 0.303 e. The fourth-order valence-corrected chi connectivity index (χ4v) is 1.48. The van der Waals surface area contributed by atoms with Crippen molar-refractivity contribution < 1.29 is 20.1 Å². The standard InChI is InChI=1S/C8H15NO4/c10-6-4-9(5-7(6)11)3-1-2-8(12)13/h6-7,10-11H,1-5H2,(H,12,13). The van der Waals surface area contributed by atoms with Gasteiger partial charge < -0.3 is 15.3 Å². The van der Waals surface area contributed by atoms with Gasteiger partial charge in [0.05, 0.1) is 12.2 Å². The van der Waals surface area contributed by atoms with Crippen molar-refractivity contribution in [3.8, 4) is 0 Å². The van der Waals surface area contributed by atoms with E-state index in [0.29, 0.717) is 26.1 Å². The number of carboxylic acid groups (broad SMARTS) is 1. The first kappa shape index (κ1) is 10.4. The molecule has 1 rings (SSSR count). The molecule has 0 aromatic heterocycles. The first-order valence-corrected chi connectivity index (χ1v) is 4.40. The molecule has 2 atom stereocenters. The normalized spacial score (nSPS) is 29.4. The van der Waals surface area contributed by atoms with E-state index in [9.17, 15) is 4.79 Å². The van der Waals surface area contributed by atoms with Crippen molar-refractivity contribution in [2.75, 3.05) is 19.6 Å². The van der Waals surface area contributed by atoms with E-state index in [0.717, 1.165) is 0 Å². The second kappa shape index (κ2) is 4.55. The molecule has 5 nitrogen and oxygen atoms in total. The number of likely N-dealkylation sites (tertiary alicyclic amines) is 1. The molecule has 0 aromatic carbocycles. The summed E-state index contributed by atoms with van der Waals surface area (Å²) in [7, 11) is 0. The minimum atomic E-state index is -0.805. The highest BCUT2D eigenvalue weighted by atomic mass is 16.4. The third-order valence-corrected chi connectivity index (χ3v) is 2.20. The molecule has 1 saturated heterocycles. The van der Waals surface area contributed by atoms with Crippen molar-refractivity contribution in [1.82, 2.24) is 4.90 Å². The van der Waals surface area contributed by atoms with Crippen LogP contribution in [0.2, 0.25) is 0 Å². The predicted octanol–water partition coefficient (Wildman–Crippen LogP) is -1.11. The molecule has 13 heavy (non-hydrogen) atoms. The van der Waals surface area contributed by atoms with Gasteiger partial charge in [-0.2, -0.15) is 0 Å². The molecule has 3 N–H and O–H groups in total. The molecule has 1 heterocycles. The van der Waals surface area contributed by atoms with Gasteiger partial charge in [0.2, 0.25) is 0 Å². The van der Waals surface area contributed by atoms with Gasteiger partial charge in [-0.05, 0) is 13.0 Å². The SMILES string of the molecule is O=C(O)CCCN1CC(O)C(O)C1. The summed E-state index contributed by atoms with van der Waals surface area (Å²) in [6.07, 6.45) is -0.646. The topological polar surface area (TPSA) is 81.0 Å². The van der Waals surface area contributed by atoms with Crippen LogP contribution >= 0.6 is 0 Å². The van der Waals surface area contributed by atoms with Crippen LogP contribution in [0.1, 0.15) is 12.8 Å². The third-order valence-electron chi connectivity index (χ3n) is 2.20. The average molecular weight is 189 g/mol. The number of hydrogen-bond donors (Lipinski definition) is 3. The van der Waals surface area contributed by atoms with Gasteiger partial charge in [-0.25, -0.2) is 0 Å². The van der Waals surface area contributed by atoms with Crippen molar-refractivity contribution >= 4 is 5.97 Å². The van der Waals surface area contributed by atoms with Gasteiger partial charge in [-0.3, -0.25) is 9.69 Å². The lowest BCUT2D eigenvalue weighted by atomic mass is 10.3. The van der Waals surface area contributed by atoms with Gasteiger partial charge in [0.15, 0.2) is 0 Å². The smallest absolute Gasteiger partial charge is 0.303 e. The summed E-state index contributed by atoms with van der Waals surface area (Å²) >= 11 is 0. The zero-order valence-corrected chi connectivity index (χ0v) is 7.39. The second-order valence-corrected chi connectivity index (χ2v) is 3.39. The van der Waals surface area contributed by atoms with Crippen molar-refractivity contribution in [1.29, 1.82) is 0 Å². The Balaban J connectivity index is 2.13. The molecule has 0 aromatic rings. The van der Waals surface area contributed by atoms with Crippen LogP contribution < -0.4 is 0 Å². The molecule has 0 aliphatic carbocycles. The van der Waals surface area contributed by atoms with Gasteiger partial charge in [0.1, 0.15) is 0 Å². The average Bonchev–Trinajstić information content (AvgIpc) is 2.30. The maximum absolute atomic E-state index is 10.2. The summed E-state index contributed by atoms with van der Waals surface area (Å²) in [6, 6.07) is 0. The van der Waals surface area contributed by atoms with Gasteiger partial charge in [-0.15, -0.1) is 0 Å². The third kappa shape index (κ3) is 3.30. The Hall–Kier alpha value is -0.650. The van der Waals surface area contributed by atoms with Crippen molar-refractivity contribution in [3.05, 3.63) is 0 Å². The van der Waals surface area contributed by atoms with Gasteiger partial charge in [0, 0.05) is 19.5 Å². The zero-order chi connectivity index (χ0) is 9.84. The Labute approximate surface area is 76.6 Å². The Morgan fingerprint density at radius 2 is 1.85 bits per heavy atom. The number of aliphatic hydroxyl groups is 2. The highest BCUT2D eigenvalue weighted by Crippen LogP contribution is 2.10. The Bertz CT molecular complexity index is 175. The van der Waals surface area contributed by atoms with E-state index in [4.69, 9.17) is 15.3 Å². The highest BCUT2D eigenvalue weighted by molar-refractivity contribution is 5.66. The number of hydrogen-bond acceptors (Lipinski definition) is 4. The number of nitrogens with zero attached hydrogens (tertiary/aromatic N) is 1. The van der Waals surface area contributed by atoms with E-state index in [1.54, 1.807) is 0 Å². The van der Waals surface area contributed by atoms with Crippen LogP contribution in [0.15, 0.2) is 0 Å². The minimum Gasteiger partial charge on any atom is -0.481 e. The molecular weight excluding hydrogens is 174 g/mol. The molecular formula is C8H15NO4. The first-order chi connectivity index (χ1) is 6.09. The summed E-state index contributed by atoms with van der Waals surface area (Å²) in [5.41, 5.74) is 0. The number of rotatable bonds is 4. The molecule has 2 unspecified atom stereocenters. The van der Waals surface area contributed by atoms with Gasteiger partial charge in [-0.1, -0.05) is 0 Å². The van der Waals surface area contributed by atoms with E-state index in [2.05, 4.69) is 0 Å². The highest BCUT2D eigenvalue weighted by Gasteiger charge is 2.28. The van der Waals surface area contributed by atoms with Gasteiger partial charge in [0.25, 0.3) is 0 Å². The predicted molar refractivity (Wildman–Crippen MR) is 45.3 cm³/mol. The largest absolute Gasteiger partial charge is 0.481 e. The number of aliphatic carboxylic acids is 1. The molecule has 76 valence electrons. The summed E-state index contributed by atoms with van der Waals surface area (Å²) in [5.74, 6) is -0.805. The molecule has 0 bridgehead atoms. The zero-order valence-electron chi connectivity index (χ0n) is 7.39. The van der Waals surface area contributed by atoms with Crippen molar-refractivity contribution in [3.63, 3.8) is 0 Å². The number of carbonyl (C=O) groups is 1. The molecule has 0 radical (unpaired) electrons. The van der Waals surface area contributed by atoms with Crippen LogP contribution in [-0.4, -0.2) is 58.0 Å². The minimum absolute atomic E-state index is 0.142. The van der Waals surface area contributed by atoms with Crippen molar-refractivity contribution in [2.45, 2.75) is 25.0 Å². The Kier molecular flexibility index (Phi) is 3.65.